The molecule has 1 aromatic rings. The van der Waals surface area contributed by atoms with Gasteiger partial charge in [-0.15, -0.1) is 0 Å². The van der Waals surface area contributed by atoms with Gasteiger partial charge in [0, 0.05) is 32.7 Å². The first-order valence-electron chi connectivity index (χ1n) is 7.59. The first-order valence-corrected chi connectivity index (χ1v) is 7.59. The number of rotatable bonds is 4. The van der Waals surface area contributed by atoms with Gasteiger partial charge in [0.1, 0.15) is 5.82 Å². The van der Waals surface area contributed by atoms with E-state index in [1.807, 2.05) is 0 Å². The molecule has 1 aromatic carbocycles. The molecule has 2 fully saturated rings. The number of carbonyl (C=O) groups excluding carboxylic acids is 1. The van der Waals surface area contributed by atoms with E-state index in [0.717, 1.165) is 25.9 Å². The molecule has 0 aromatic heterocycles. The molecule has 114 valence electrons. The molecule has 4 nitrogen and oxygen atoms in total. The Morgan fingerprint density at radius 2 is 1.90 bits per heavy atom. The first kappa shape index (κ1) is 14.5. The van der Waals surface area contributed by atoms with Gasteiger partial charge < -0.3 is 10.0 Å². The molecule has 1 heterocycles. The molecule has 2 aliphatic rings. The fourth-order valence-electron chi connectivity index (χ4n) is 2.83. The van der Waals surface area contributed by atoms with E-state index in [1.165, 1.54) is 12.1 Å². The molecule has 0 bridgehead atoms. The topological polar surface area (TPSA) is 43.8 Å². The molecular weight excluding hydrogens is 271 g/mol. The minimum Gasteiger partial charge on any atom is -0.392 e. The number of hydrogen-bond donors (Lipinski definition) is 1. The fourth-order valence-corrected chi connectivity index (χ4v) is 2.83. The van der Waals surface area contributed by atoms with Gasteiger partial charge in [-0.1, -0.05) is 12.1 Å². The molecule has 1 saturated carbocycles. The van der Waals surface area contributed by atoms with Crippen LogP contribution in [0.1, 0.15) is 23.2 Å². The molecule has 1 saturated heterocycles. The lowest BCUT2D eigenvalue weighted by Gasteiger charge is -2.35. The van der Waals surface area contributed by atoms with Gasteiger partial charge in [0.05, 0.1) is 11.7 Å². The minimum absolute atomic E-state index is 0.143. The summed E-state index contributed by atoms with van der Waals surface area (Å²) < 4.78 is 13.6. The molecule has 0 radical (unpaired) electrons. The summed E-state index contributed by atoms with van der Waals surface area (Å²) in [5.74, 6) is -0.229. The van der Waals surface area contributed by atoms with E-state index in [0.29, 0.717) is 25.6 Å². The molecule has 3 rings (SSSR count). The fraction of sp³-hybridized carbons (Fsp3) is 0.562. The van der Waals surface area contributed by atoms with Crippen molar-refractivity contribution >= 4 is 5.91 Å². The lowest BCUT2D eigenvalue weighted by atomic mass is 10.1. The molecule has 21 heavy (non-hydrogen) atoms. The van der Waals surface area contributed by atoms with Crippen LogP contribution in [0, 0.1) is 11.7 Å². The Morgan fingerprint density at radius 3 is 2.52 bits per heavy atom. The highest BCUT2D eigenvalue weighted by Crippen LogP contribution is 2.32. The van der Waals surface area contributed by atoms with Gasteiger partial charge in [-0.05, 0) is 30.9 Å². The van der Waals surface area contributed by atoms with Gasteiger partial charge in [-0.2, -0.15) is 0 Å². The minimum atomic E-state index is -0.464. The summed E-state index contributed by atoms with van der Waals surface area (Å²) in [5, 5.41) is 9.96. The number of β-amino-alcohol motifs (C(OH)–C–C–N with tert-alkyl or cyclic N) is 1. The van der Waals surface area contributed by atoms with Gasteiger partial charge in [-0.25, -0.2) is 4.39 Å². The zero-order chi connectivity index (χ0) is 14.8. The molecule has 1 amide bonds. The average molecular weight is 292 g/mol. The number of nitrogens with zero attached hydrogens (tertiary/aromatic N) is 2. The van der Waals surface area contributed by atoms with Gasteiger partial charge in [-0.3, -0.25) is 9.69 Å². The molecule has 1 unspecified atom stereocenters. The van der Waals surface area contributed by atoms with Crippen molar-refractivity contribution in [2.45, 2.75) is 18.9 Å². The lowest BCUT2D eigenvalue weighted by molar-refractivity contribution is 0.0485. The van der Waals surface area contributed by atoms with Crippen molar-refractivity contribution < 1.29 is 14.3 Å². The quantitative estimate of drug-likeness (QED) is 0.911. The molecular formula is C16H21FN2O2. The molecule has 5 heteroatoms. The van der Waals surface area contributed by atoms with Gasteiger partial charge >= 0.3 is 0 Å². The number of benzene rings is 1. The third kappa shape index (κ3) is 3.41. The third-order valence-electron chi connectivity index (χ3n) is 4.38. The Morgan fingerprint density at radius 1 is 1.24 bits per heavy atom. The number of aliphatic hydroxyl groups excluding tert-OH is 1. The Labute approximate surface area is 124 Å². The molecule has 1 atom stereocenters. The van der Waals surface area contributed by atoms with Crippen LogP contribution in [0.25, 0.3) is 0 Å². The largest absolute Gasteiger partial charge is 0.392 e. The van der Waals surface area contributed by atoms with E-state index in [9.17, 15) is 14.3 Å². The molecule has 1 aliphatic carbocycles. The Kier molecular flexibility index (Phi) is 4.22. The highest BCUT2D eigenvalue weighted by molar-refractivity contribution is 5.94. The van der Waals surface area contributed by atoms with Crippen LogP contribution in [0.4, 0.5) is 4.39 Å². The van der Waals surface area contributed by atoms with Crippen molar-refractivity contribution in [3.05, 3.63) is 35.6 Å². The second-order valence-corrected chi connectivity index (χ2v) is 5.98. The van der Waals surface area contributed by atoms with Crippen LogP contribution >= 0.6 is 0 Å². The predicted molar refractivity (Wildman–Crippen MR) is 77.5 cm³/mol. The Bertz CT molecular complexity index is 511. The summed E-state index contributed by atoms with van der Waals surface area (Å²) in [6.45, 7) is 3.34. The Hall–Kier alpha value is -1.46. The average Bonchev–Trinajstić information content (AvgIpc) is 3.32. The van der Waals surface area contributed by atoms with Crippen LogP contribution in [-0.4, -0.2) is 59.6 Å². The second kappa shape index (κ2) is 6.12. The number of carbonyl (C=O) groups is 1. The second-order valence-electron chi connectivity index (χ2n) is 5.98. The van der Waals surface area contributed by atoms with Crippen molar-refractivity contribution in [1.29, 1.82) is 0 Å². The number of piperazine rings is 1. The number of aliphatic hydroxyl groups is 1. The van der Waals surface area contributed by atoms with Crippen molar-refractivity contribution in [2.24, 2.45) is 5.92 Å². The Balaban J connectivity index is 1.53. The van der Waals surface area contributed by atoms with Crippen LogP contribution in [0.3, 0.4) is 0 Å². The van der Waals surface area contributed by atoms with Crippen LogP contribution in [0.2, 0.25) is 0 Å². The van der Waals surface area contributed by atoms with E-state index in [4.69, 9.17) is 0 Å². The summed E-state index contributed by atoms with van der Waals surface area (Å²) in [4.78, 5) is 16.2. The lowest BCUT2D eigenvalue weighted by Crippen LogP contribution is -2.50. The maximum Gasteiger partial charge on any atom is 0.256 e. The smallest absolute Gasteiger partial charge is 0.256 e. The zero-order valence-corrected chi connectivity index (χ0v) is 12.0. The van der Waals surface area contributed by atoms with Crippen molar-refractivity contribution in [1.82, 2.24) is 9.80 Å². The van der Waals surface area contributed by atoms with Crippen LogP contribution < -0.4 is 0 Å². The number of hydrogen-bond acceptors (Lipinski definition) is 3. The normalized spacial score (nSPS) is 21.3. The monoisotopic (exact) mass is 292 g/mol. The van der Waals surface area contributed by atoms with Crippen LogP contribution in [-0.2, 0) is 0 Å². The van der Waals surface area contributed by atoms with Crippen molar-refractivity contribution in [3.63, 3.8) is 0 Å². The van der Waals surface area contributed by atoms with Crippen LogP contribution in [0.15, 0.2) is 24.3 Å². The SMILES string of the molecule is O=C(c1ccccc1F)N1CCN(CC(O)C2CC2)CC1. The van der Waals surface area contributed by atoms with E-state index < -0.39 is 5.82 Å². The molecule has 1 N–H and O–H groups in total. The van der Waals surface area contributed by atoms with E-state index in [-0.39, 0.29) is 17.6 Å². The maximum atomic E-state index is 13.6. The standard InChI is InChI=1S/C16H21FN2O2/c17-14-4-2-1-3-13(14)16(21)19-9-7-18(8-10-19)11-15(20)12-5-6-12/h1-4,12,15,20H,5-11H2. The summed E-state index contributed by atoms with van der Waals surface area (Å²) in [5.41, 5.74) is 0.143. The zero-order valence-electron chi connectivity index (χ0n) is 12.0. The molecule has 1 aliphatic heterocycles. The summed E-state index contributed by atoms with van der Waals surface area (Å²) in [7, 11) is 0. The van der Waals surface area contributed by atoms with Crippen molar-refractivity contribution in [2.75, 3.05) is 32.7 Å². The third-order valence-corrected chi connectivity index (χ3v) is 4.38. The summed E-state index contributed by atoms with van der Waals surface area (Å²) >= 11 is 0. The van der Waals surface area contributed by atoms with E-state index in [1.54, 1.807) is 17.0 Å². The van der Waals surface area contributed by atoms with Gasteiger partial charge in [0.2, 0.25) is 0 Å². The van der Waals surface area contributed by atoms with Crippen LogP contribution in [0.5, 0.6) is 0 Å². The predicted octanol–water partition coefficient (Wildman–Crippen LogP) is 1.35. The highest BCUT2D eigenvalue weighted by Gasteiger charge is 2.32. The van der Waals surface area contributed by atoms with E-state index >= 15 is 0 Å². The summed E-state index contributed by atoms with van der Waals surface area (Å²) in [6, 6.07) is 6.11. The van der Waals surface area contributed by atoms with Gasteiger partial charge in [0.25, 0.3) is 5.91 Å². The number of amides is 1. The van der Waals surface area contributed by atoms with Crippen molar-refractivity contribution in [3.8, 4) is 0 Å². The van der Waals surface area contributed by atoms with E-state index in [2.05, 4.69) is 4.90 Å². The summed E-state index contributed by atoms with van der Waals surface area (Å²) in [6.07, 6.45) is 2.03. The molecule has 0 spiro atoms. The van der Waals surface area contributed by atoms with Gasteiger partial charge in [0.15, 0.2) is 0 Å². The highest BCUT2D eigenvalue weighted by atomic mass is 19.1. The number of halogens is 1. The first-order chi connectivity index (χ1) is 10.1. The maximum absolute atomic E-state index is 13.6.